The van der Waals surface area contributed by atoms with Gasteiger partial charge in [0.1, 0.15) is 11.8 Å². The normalized spacial score (nSPS) is 16.7. The van der Waals surface area contributed by atoms with E-state index < -0.39 is 27.9 Å². The topological polar surface area (TPSA) is 129 Å². The highest BCUT2D eigenvalue weighted by atomic mass is 32.2. The molecule has 1 amide bonds. The van der Waals surface area contributed by atoms with Crippen LogP contribution in [0.5, 0.6) is 0 Å². The molecule has 0 fully saturated rings. The number of hydrogen-bond acceptors (Lipinski definition) is 6. The Morgan fingerprint density at radius 2 is 2.00 bits per heavy atom. The van der Waals surface area contributed by atoms with Crippen LogP contribution in [0.15, 0.2) is 52.2 Å². The van der Waals surface area contributed by atoms with Gasteiger partial charge in [0.2, 0.25) is 15.9 Å². The van der Waals surface area contributed by atoms with E-state index in [1.807, 2.05) is 0 Å². The summed E-state index contributed by atoms with van der Waals surface area (Å²) in [5.74, 6) is -1.02. The average molecular weight is 405 g/mol. The van der Waals surface area contributed by atoms with Gasteiger partial charge >= 0.3 is 5.97 Å². The van der Waals surface area contributed by atoms with Crippen LogP contribution in [0.3, 0.4) is 0 Å². The second kappa shape index (κ2) is 7.85. The molecule has 1 atom stereocenters. The molecule has 0 aliphatic carbocycles. The van der Waals surface area contributed by atoms with Crippen molar-refractivity contribution in [2.24, 2.45) is 5.10 Å². The lowest BCUT2D eigenvalue weighted by Crippen LogP contribution is -2.27. The maximum atomic E-state index is 12.5. The van der Waals surface area contributed by atoms with Crippen LogP contribution in [0, 0.1) is 0 Å². The van der Waals surface area contributed by atoms with Crippen molar-refractivity contribution >= 4 is 33.3 Å². The highest BCUT2D eigenvalue weighted by Gasteiger charge is 2.35. The van der Waals surface area contributed by atoms with E-state index in [4.69, 9.17) is 9.52 Å². The lowest BCUT2D eigenvalue weighted by molar-refractivity contribution is -0.141. The summed E-state index contributed by atoms with van der Waals surface area (Å²) in [5, 5.41) is 14.4. The minimum atomic E-state index is -3.50. The van der Waals surface area contributed by atoms with E-state index in [0.717, 1.165) is 6.26 Å². The van der Waals surface area contributed by atoms with Crippen molar-refractivity contribution < 1.29 is 27.5 Å². The first kappa shape index (κ1) is 19.6. The zero-order valence-electron chi connectivity index (χ0n) is 15.0. The number of para-hydroxylation sites is 1. The van der Waals surface area contributed by atoms with E-state index in [2.05, 4.69) is 9.82 Å². The van der Waals surface area contributed by atoms with Crippen molar-refractivity contribution in [2.45, 2.75) is 25.3 Å². The van der Waals surface area contributed by atoms with Crippen LogP contribution in [-0.4, -0.2) is 42.4 Å². The standard InChI is InChI=1S/C18H19N3O6S/c1-28(25,26)20-13-6-3-2-5-12(13)14-11-15(16-7-4-10-27-16)21(19-14)17(22)8-9-18(23)24/h2-7,10,15,20H,8-9,11H2,1H3,(H,23,24). The second-order valence-electron chi connectivity index (χ2n) is 6.33. The minimum absolute atomic E-state index is 0.202. The van der Waals surface area contributed by atoms with E-state index in [9.17, 15) is 18.0 Å². The number of amides is 1. The van der Waals surface area contributed by atoms with Gasteiger partial charge in [-0.2, -0.15) is 5.10 Å². The Bertz CT molecular complexity index is 1010. The minimum Gasteiger partial charge on any atom is -0.481 e. The number of carbonyl (C=O) groups is 2. The van der Waals surface area contributed by atoms with E-state index >= 15 is 0 Å². The summed E-state index contributed by atoms with van der Waals surface area (Å²) in [5.41, 5.74) is 1.39. The molecule has 1 aromatic heterocycles. The number of sulfonamides is 1. The van der Waals surface area contributed by atoms with Crippen LogP contribution in [0.4, 0.5) is 5.69 Å². The highest BCUT2D eigenvalue weighted by molar-refractivity contribution is 7.92. The smallest absolute Gasteiger partial charge is 0.303 e. The van der Waals surface area contributed by atoms with E-state index in [1.165, 1.54) is 11.3 Å². The Morgan fingerprint density at radius 3 is 2.64 bits per heavy atom. The van der Waals surface area contributed by atoms with Crippen molar-refractivity contribution in [1.82, 2.24) is 5.01 Å². The Morgan fingerprint density at radius 1 is 1.25 bits per heavy atom. The maximum Gasteiger partial charge on any atom is 0.303 e. The Hall–Kier alpha value is -3.14. The largest absolute Gasteiger partial charge is 0.481 e. The van der Waals surface area contributed by atoms with Gasteiger partial charge in [-0.15, -0.1) is 0 Å². The number of furan rings is 1. The molecule has 148 valence electrons. The van der Waals surface area contributed by atoms with Gasteiger partial charge in [0.05, 0.1) is 30.3 Å². The molecular weight excluding hydrogens is 386 g/mol. The van der Waals surface area contributed by atoms with Crippen LogP contribution < -0.4 is 4.72 Å². The summed E-state index contributed by atoms with van der Waals surface area (Å²) in [4.78, 5) is 23.4. The molecule has 2 heterocycles. The zero-order valence-corrected chi connectivity index (χ0v) is 15.8. The molecule has 1 aliphatic rings. The summed E-state index contributed by atoms with van der Waals surface area (Å²) in [6, 6.07) is 9.60. The molecule has 0 saturated heterocycles. The number of anilines is 1. The quantitative estimate of drug-likeness (QED) is 0.726. The second-order valence-corrected chi connectivity index (χ2v) is 8.08. The SMILES string of the molecule is CS(=O)(=O)Nc1ccccc1C1=NN(C(=O)CCC(=O)O)C(c2ccco2)C1. The van der Waals surface area contributed by atoms with Crippen molar-refractivity contribution in [3.8, 4) is 0 Å². The van der Waals surface area contributed by atoms with Gasteiger partial charge in [0.25, 0.3) is 0 Å². The fraction of sp³-hybridized carbons (Fsp3) is 0.278. The number of nitrogens with one attached hydrogen (secondary N) is 1. The van der Waals surface area contributed by atoms with Gasteiger partial charge in [0, 0.05) is 18.4 Å². The monoisotopic (exact) mass is 405 g/mol. The van der Waals surface area contributed by atoms with Gasteiger partial charge in [-0.3, -0.25) is 14.3 Å². The molecule has 0 saturated carbocycles. The maximum absolute atomic E-state index is 12.5. The molecule has 2 N–H and O–H groups in total. The number of nitrogens with zero attached hydrogens (tertiary/aromatic N) is 2. The summed E-state index contributed by atoms with van der Waals surface area (Å²) < 4.78 is 31.2. The fourth-order valence-corrected chi connectivity index (χ4v) is 3.53. The molecule has 2 aromatic rings. The molecule has 1 aliphatic heterocycles. The molecule has 10 heteroatoms. The molecule has 9 nitrogen and oxygen atoms in total. The lowest BCUT2D eigenvalue weighted by Gasteiger charge is -2.19. The summed E-state index contributed by atoms with van der Waals surface area (Å²) in [6.45, 7) is 0. The van der Waals surface area contributed by atoms with E-state index in [-0.39, 0.29) is 12.8 Å². The van der Waals surface area contributed by atoms with Crippen LogP contribution in [0.25, 0.3) is 0 Å². The fourth-order valence-electron chi connectivity index (χ4n) is 2.96. The number of carboxylic acids is 1. The predicted octanol–water partition coefficient (Wildman–Crippen LogP) is 2.19. The van der Waals surface area contributed by atoms with Gasteiger partial charge < -0.3 is 9.52 Å². The molecule has 0 bridgehead atoms. The first-order valence-electron chi connectivity index (χ1n) is 8.46. The Kier molecular flexibility index (Phi) is 5.50. The Labute approximate surface area is 161 Å². The van der Waals surface area contributed by atoms with Crippen molar-refractivity contribution in [3.05, 3.63) is 54.0 Å². The van der Waals surface area contributed by atoms with E-state index in [0.29, 0.717) is 29.1 Å². The predicted molar refractivity (Wildman–Crippen MR) is 101 cm³/mol. The van der Waals surface area contributed by atoms with Crippen molar-refractivity contribution in [2.75, 3.05) is 11.0 Å². The van der Waals surface area contributed by atoms with Crippen LogP contribution in [0.2, 0.25) is 0 Å². The average Bonchev–Trinajstić information content (AvgIpc) is 3.28. The van der Waals surface area contributed by atoms with E-state index in [1.54, 1.807) is 36.4 Å². The third kappa shape index (κ3) is 4.58. The van der Waals surface area contributed by atoms with Crippen LogP contribution in [0.1, 0.15) is 36.6 Å². The summed E-state index contributed by atoms with van der Waals surface area (Å²) >= 11 is 0. The van der Waals surface area contributed by atoms with Gasteiger partial charge in [0.15, 0.2) is 0 Å². The number of benzene rings is 1. The molecule has 28 heavy (non-hydrogen) atoms. The lowest BCUT2D eigenvalue weighted by atomic mass is 10.0. The number of carboxylic acid groups (broad SMARTS) is 1. The molecule has 0 spiro atoms. The molecular formula is C18H19N3O6S. The molecule has 1 aromatic carbocycles. The third-order valence-electron chi connectivity index (χ3n) is 4.12. The number of carbonyl (C=O) groups excluding carboxylic acids is 1. The van der Waals surface area contributed by atoms with Crippen LogP contribution in [-0.2, 0) is 19.6 Å². The number of hydrogen-bond donors (Lipinski definition) is 2. The zero-order chi connectivity index (χ0) is 20.3. The third-order valence-corrected chi connectivity index (χ3v) is 4.71. The van der Waals surface area contributed by atoms with Gasteiger partial charge in [-0.1, -0.05) is 18.2 Å². The number of hydrazone groups is 1. The number of rotatable bonds is 7. The highest BCUT2D eigenvalue weighted by Crippen LogP contribution is 2.35. The first-order valence-corrected chi connectivity index (χ1v) is 10.4. The molecule has 3 rings (SSSR count). The van der Waals surface area contributed by atoms with Crippen LogP contribution >= 0.6 is 0 Å². The Balaban J connectivity index is 1.95. The molecule has 1 unspecified atom stereocenters. The van der Waals surface area contributed by atoms with Crippen molar-refractivity contribution in [3.63, 3.8) is 0 Å². The summed E-state index contributed by atoms with van der Waals surface area (Å²) in [7, 11) is -3.50. The van der Waals surface area contributed by atoms with Gasteiger partial charge in [-0.05, 0) is 18.2 Å². The van der Waals surface area contributed by atoms with Gasteiger partial charge in [-0.25, -0.2) is 13.4 Å². The number of aliphatic carboxylic acids is 1. The first-order chi connectivity index (χ1) is 13.2. The van der Waals surface area contributed by atoms with Crippen molar-refractivity contribution in [1.29, 1.82) is 0 Å². The summed E-state index contributed by atoms with van der Waals surface area (Å²) in [6.07, 6.45) is 2.32. The molecule has 0 radical (unpaired) electrons.